The Labute approximate surface area is 129 Å². The third kappa shape index (κ3) is 4.54. The van der Waals surface area contributed by atoms with Crippen molar-refractivity contribution in [3.63, 3.8) is 0 Å². The zero-order chi connectivity index (χ0) is 15.1. The summed E-state index contributed by atoms with van der Waals surface area (Å²) in [5.41, 5.74) is 5.38. The molecule has 0 fully saturated rings. The van der Waals surface area contributed by atoms with E-state index in [1.807, 2.05) is 43.3 Å². The highest BCUT2D eigenvalue weighted by Gasteiger charge is 2.00. The third-order valence-corrected chi connectivity index (χ3v) is 2.93. The first-order valence-corrected chi connectivity index (χ1v) is 6.75. The van der Waals surface area contributed by atoms with E-state index >= 15 is 0 Å². The summed E-state index contributed by atoms with van der Waals surface area (Å²) in [5, 5.41) is 7.67. The standard InChI is InChI=1S/C15H16N4OS/c1-11(12-5-4-8-16-10-12)18-19-15(21)17-13-6-3-7-14(9-13)20-2/h3-10H,1-2H3,(H2,17,19,21)/b18-11+. The van der Waals surface area contributed by atoms with Gasteiger partial charge in [0.25, 0.3) is 0 Å². The summed E-state index contributed by atoms with van der Waals surface area (Å²) < 4.78 is 5.15. The molecule has 0 bridgehead atoms. The highest BCUT2D eigenvalue weighted by atomic mass is 32.1. The molecular formula is C15H16N4OS. The van der Waals surface area contributed by atoms with Crippen molar-refractivity contribution in [1.82, 2.24) is 10.4 Å². The van der Waals surface area contributed by atoms with Crippen molar-refractivity contribution in [2.75, 3.05) is 12.4 Å². The van der Waals surface area contributed by atoms with Crippen LogP contribution >= 0.6 is 12.2 Å². The lowest BCUT2D eigenvalue weighted by molar-refractivity contribution is 0.415. The summed E-state index contributed by atoms with van der Waals surface area (Å²) in [4.78, 5) is 4.05. The van der Waals surface area contributed by atoms with Gasteiger partial charge in [-0.25, -0.2) is 0 Å². The number of hydrogen-bond acceptors (Lipinski definition) is 4. The number of rotatable bonds is 4. The largest absolute Gasteiger partial charge is 0.497 e. The van der Waals surface area contributed by atoms with Gasteiger partial charge in [-0.15, -0.1) is 0 Å². The van der Waals surface area contributed by atoms with Crippen LogP contribution < -0.4 is 15.5 Å². The number of benzene rings is 1. The number of aromatic nitrogens is 1. The van der Waals surface area contributed by atoms with Gasteiger partial charge in [0, 0.05) is 29.7 Å². The average Bonchev–Trinajstić information content (AvgIpc) is 2.53. The number of nitrogens with one attached hydrogen (secondary N) is 2. The summed E-state index contributed by atoms with van der Waals surface area (Å²) in [5.74, 6) is 0.762. The van der Waals surface area contributed by atoms with E-state index in [9.17, 15) is 0 Å². The normalized spacial score (nSPS) is 10.9. The van der Waals surface area contributed by atoms with E-state index in [2.05, 4.69) is 20.8 Å². The van der Waals surface area contributed by atoms with Crippen molar-refractivity contribution in [3.8, 4) is 5.75 Å². The molecule has 0 aliphatic rings. The van der Waals surface area contributed by atoms with Crippen molar-refractivity contribution in [3.05, 3.63) is 54.4 Å². The lowest BCUT2D eigenvalue weighted by atomic mass is 10.2. The maximum absolute atomic E-state index is 5.20. The van der Waals surface area contributed by atoms with Crippen LogP contribution in [-0.4, -0.2) is 22.9 Å². The van der Waals surface area contributed by atoms with Crippen LogP contribution in [0.2, 0.25) is 0 Å². The highest BCUT2D eigenvalue weighted by Crippen LogP contribution is 2.16. The fourth-order valence-electron chi connectivity index (χ4n) is 1.64. The fraction of sp³-hybridized carbons (Fsp3) is 0.133. The molecule has 0 aliphatic heterocycles. The molecule has 108 valence electrons. The molecule has 2 N–H and O–H groups in total. The van der Waals surface area contributed by atoms with E-state index in [-0.39, 0.29) is 0 Å². The van der Waals surface area contributed by atoms with Gasteiger partial charge < -0.3 is 10.1 Å². The number of methoxy groups -OCH3 is 1. The first-order chi connectivity index (χ1) is 10.2. The number of hydrogen-bond donors (Lipinski definition) is 2. The number of anilines is 1. The Kier molecular flexibility index (Phi) is 5.22. The predicted molar refractivity (Wildman–Crippen MR) is 88.8 cm³/mol. The summed E-state index contributed by atoms with van der Waals surface area (Å²) in [6.07, 6.45) is 3.47. The van der Waals surface area contributed by atoms with Crippen LogP contribution in [-0.2, 0) is 0 Å². The first-order valence-electron chi connectivity index (χ1n) is 6.35. The Morgan fingerprint density at radius 1 is 1.29 bits per heavy atom. The van der Waals surface area contributed by atoms with Gasteiger partial charge in [0.05, 0.1) is 12.8 Å². The van der Waals surface area contributed by atoms with Crippen molar-refractivity contribution >= 4 is 28.7 Å². The lowest BCUT2D eigenvalue weighted by Crippen LogP contribution is -2.25. The second kappa shape index (κ2) is 7.35. The Hall–Kier alpha value is -2.47. The molecule has 0 amide bonds. The zero-order valence-electron chi connectivity index (χ0n) is 11.8. The number of hydrazone groups is 1. The average molecular weight is 300 g/mol. The van der Waals surface area contributed by atoms with Crippen molar-refractivity contribution in [2.45, 2.75) is 6.92 Å². The maximum Gasteiger partial charge on any atom is 0.191 e. The van der Waals surface area contributed by atoms with Crippen molar-refractivity contribution < 1.29 is 4.74 Å². The highest BCUT2D eigenvalue weighted by molar-refractivity contribution is 7.80. The van der Waals surface area contributed by atoms with E-state index in [1.165, 1.54) is 0 Å². The fourth-order valence-corrected chi connectivity index (χ4v) is 1.80. The van der Waals surface area contributed by atoms with Crippen LogP contribution in [0.1, 0.15) is 12.5 Å². The Morgan fingerprint density at radius 2 is 2.14 bits per heavy atom. The molecule has 0 saturated carbocycles. The monoisotopic (exact) mass is 300 g/mol. The number of thiocarbonyl (C=S) groups is 1. The van der Waals surface area contributed by atoms with Crippen LogP contribution in [0.4, 0.5) is 5.69 Å². The van der Waals surface area contributed by atoms with Gasteiger partial charge >= 0.3 is 0 Å². The lowest BCUT2D eigenvalue weighted by Gasteiger charge is -2.09. The molecular weight excluding hydrogens is 284 g/mol. The molecule has 5 nitrogen and oxygen atoms in total. The molecule has 0 aliphatic carbocycles. The van der Waals surface area contributed by atoms with E-state index in [4.69, 9.17) is 17.0 Å². The number of nitrogens with zero attached hydrogens (tertiary/aromatic N) is 2. The minimum Gasteiger partial charge on any atom is -0.497 e. The molecule has 6 heteroatoms. The minimum atomic E-state index is 0.409. The molecule has 0 saturated heterocycles. The summed E-state index contributed by atoms with van der Waals surface area (Å²) in [7, 11) is 1.62. The molecule has 2 aromatic rings. The van der Waals surface area contributed by atoms with Crippen LogP contribution in [0.5, 0.6) is 5.75 Å². The van der Waals surface area contributed by atoms with Crippen molar-refractivity contribution in [1.29, 1.82) is 0 Å². The molecule has 0 atom stereocenters. The molecule has 1 aromatic heterocycles. The Balaban J connectivity index is 1.95. The third-order valence-electron chi connectivity index (χ3n) is 2.73. The van der Waals surface area contributed by atoms with Crippen LogP contribution in [0.3, 0.4) is 0 Å². The Bertz CT molecular complexity index is 643. The first kappa shape index (κ1) is 14.9. The van der Waals surface area contributed by atoms with Gasteiger partial charge in [-0.3, -0.25) is 10.4 Å². The molecule has 2 rings (SSSR count). The van der Waals surface area contributed by atoms with Gasteiger partial charge in [-0.1, -0.05) is 12.1 Å². The van der Waals surface area contributed by atoms with E-state index < -0.39 is 0 Å². The maximum atomic E-state index is 5.20. The molecule has 0 radical (unpaired) electrons. The topological polar surface area (TPSA) is 58.5 Å². The van der Waals surface area contributed by atoms with E-state index in [0.717, 1.165) is 22.7 Å². The molecule has 21 heavy (non-hydrogen) atoms. The summed E-state index contributed by atoms with van der Waals surface area (Å²) >= 11 is 5.20. The predicted octanol–water partition coefficient (Wildman–Crippen LogP) is 2.80. The number of pyridine rings is 1. The summed E-state index contributed by atoms with van der Waals surface area (Å²) in [6.45, 7) is 1.89. The van der Waals surface area contributed by atoms with Crippen LogP contribution in [0, 0.1) is 0 Å². The summed E-state index contributed by atoms with van der Waals surface area (Å²) in [6, 6.07) is 11.3. The molecule has 1 heterocycles. The van der Waals surface area contributed by atoms with Gasteiger partial charge in [0.1, 0.15) is 5.75 Å². The van der Waals surface area contributed by atoms with E-state index in [1.54, 1.807) is 19.5 Å². The van der Waals surface area contributed by atoms with Gasteiger partial charge in [-0.2, -0.15) is 5.10 Å². The van der Waals surface area contributed by atoms with Crippen LogP contribution in [0.25, 0.3) is 0 Å². The second-order valence-electron chi connectivity index (χ2n) is 4.24. The van der Waals surface area contributed by atoms with Crippen molar-refractivity contribution in [2.24, 2.45) is 5.10 Å². The SMILES string of the molecule is COc1cccc(NC(=S)N/N=C(\C)c2cccnc2)c1. The minimum absolute atomic E-state index is 0.409. The van der Waals surface area contributed by atoms with E-state index in [0.29, 0.717) is 5.11 Å². The Morgan fingerprint density at radius 3 is 2.86 bits per heavy atom. The van der Waals surface area contributed by atoms with Crippen LogP contribution in [0.15, 0.2) is 53.9 Å². The second-order valence-corrected chi connectivity index (χ2v) is 4.65. The zero-order valence-corrected chi connectivity index (χ0v) is 12.6. The smallest absolute Gasteiger partial charge is 0.191 e. The van der Waals surface area contributed by atoms with Gasteiger partial charge in [0.2, 0.25) is 0 Å². The molecule has 0 unspecified atom stereocenters. The quantitative estimate of drug-likeness (QED) is 0.516. The number of ether oxygens (including phenoxy) is 1. The van der Waals surface area contributed by atoms with Gasteiger partial charge in [-0.05, 0) is 37.3 Å². The van der Waals surface area contributed by atoms with Gasteiger partial charge in [0.15, 0.2) is 5.11 Å². The molecule has 0 spiro atoms. The molecule has 1 aromatic carbocycles.